The van der Waals surface area contributed by atoms with Crippen LogP contribution in [0.25, 0.3) is 10.2 Å². The highest BCUT2D eigenvalue weighted by Gasteiger charge is 2.15. The van der Waals surface area contributed by atoms with E-state index < -0.39 is 0 Å². The van der Waals surface area contributed by atoms with E-state index in [-0.39, 0.29) is 5.91 Å². The molecule has 2 heterocycles. The van der Waals surface area contributed by atoms with Crippen molar-refractivity contribution in [1.29, 1.82) is 0 Å². The maximum Gasteiger partial charge on any atom is 0.265 e. The number of carbonyl (C=O) groups is 1. The number of fused-ring (bicyclic) bond motifs is 1. The number of hydrogen-bond donors (Lipinski definition) is 1. The topological polar surface area (TPSA) is 46.9 Å². The molecule has 0 unspecified atom stereocenters. The van der Waals surface area contributed by atoms with Gasteiger partial charge in [0.2, 0.25) is 0 Å². The summed E-state index contributed by atoms with van der Waals surface area (Å²) in [6.45, 7) is 3.88. The molecule has 2 aromatic heterocycles. The van der Waals surface area contributed by atoms with Crippen molar-refractivity contribution in [2.75, 3.05) is 5.32 Å². The number of aromatic nitrogens is 2. The smallest absolute Gasteiger partial charge is 0.265 e. The summed E-state index contributed by atoms with van der Waals surface area (Å²) in [5.74, 6) is -0.124. The van der Waals surface area contributed by atoms with Crippen LogP contribution in [0, 0.1) is 13.8 Å². The van der Waals surface area contributed by atoms with Gasteiger partial charge in [-0.15, -0.1) is 11.3 Å². The van der Waals surface area contributed by atoms with Crippen molar-refractivity contribution in [1.82, 2.24) is 9.78 Å². The van der Waals surface area contributed by atoms with Gasteiger partial charge in [-0.05, 0) is 37.6 Å². The minimum atomic E-state index is -0.124. The Bertz CT molecular complexity index is 816. The van der Waals surface area contributed by atoms with Crippen LogP contribution in [-0.4, -0.2) is 15.7 Å². The van der Waals surface area contributed by atoms with Gasteiger partial charge in [0.25, 0.3) is 5.91 Å². The van der Waals surface area contributed by atoms with Crippen LogP contribution in [0.4, 0.5) is 5.69 Å². The zero-order valence-corrected chi connectivity index (χ0v) is 13.5. The average molecular weight is 320 g/mol. The van der Waals surface area contributed by atoms with Crippen molar-refractivity contribution in [2.45, 2.75) is 13.8 Å². The van der Waals surface area contributed by atoms with Gasteiger partial charge in [-0.2, -0.15) is 5.10 Å². The summed E-state index contributed by atoms with van der Waals surface area (Å²) < 4.78 is 1.80. The summed E-state index contributed by atoms with van der Waals surface area (Å²) in [5, 5.41) is 8.88. The van der Waals surface area contributed by atoms with Crippen LogP contribution >= 0.6 is 22.9 Å². The van der Waals surface area contributed by atoms with Crippen LogP contribution in [0.5, 0.6) is 0 Å². The maximum atomic E-state index is 12.4. The summed E-state index contributed by atoms with van der Waals surface area (Å²) in [6.07, 6.45) is 0. The first kappa shape index (κ1) is 14.1. The molecule has 1 amide bonds. The molecule has 3 aromatic rings. The zero-order valence-electron chi connectivity index (χ0n) is 11.9. The first-order chi connectivity index (χ1) is 9.95. The fourth-order valence-corrected chi connectivity index (χ4v) is 3.42. The molecule has 0 fully saturated rings. The second-order valence-electron chi connectivity index (χ2n) is 4.95. The van der Waals surface area contributed by atoms with Gasteiger partial charge >= 0.3 is 0 Å². The fourth-order valence-electron chi connectivity index (χ4n) is 2.23. The third-order valence-corrected chi connectivity index (χ3v) is 4.80. The first-order valence-corrected chi connectivity index (χ1v) is 7.66. The number of rotatable bonds is 2. The second kappa shape index (κ2) is 5.16. The average Bonchev–Trinajstić information content (AvgIpc) is 2.97. The van der Waals surface area contributed by atoms with E-state index in [1.807, 2.05) is 33.0 Å². The van der Waals surface area contributed by atoms with E-state index >= 15 is 0 Å². The number of nitrogens with zero attached hydrogens (tertiary/aromatic N) is 2. The van der Waals surface area contributed by atoms with Gasteiger partial charge in [0.05, 0.1) is 10.6 Å². The molecular weight excluding hydrogens is 306 g/mol. The van der Waals surface area contributed by atoms with Gasteiger partial charge in [0.1, 0.15) is 4.83 Å². The Balaban J connectivity index is 1.93. The Labute approximate surface area is 131 Å². The van der Waals surface area contributed by atoms with Crippen molar-refractivity contribution >= 4 is 44.7 Å². The first-order valence-electron chi connectivity index (χ1n) is 6.46. The van der Waals surface area contributed by atoms with Crippen LogP contribution in [0.1, 0.15) is 20.9 Å². The number of halogens is 1. The molecule has 0 aliphatic heterocycles. The molecule has 4 nitrogen and oxygen atoms in total. The molecule has 0 spiro atoms. The Hall–Kier alpha value is -1.85. The number of benzene rings is 1. The van der Waals surface area contributed by atoms with Gasteiger partial charge < -0.3 is 5.32 Å². The fraction of sp³-hybridized carbons (Fsp3) is 0.200. The van der Waals surface area contributed by atoms with Gasteiger partial charge in [-0.25, -0.2) is 0 Å². The molecule has 108 valence electrons. The lowest BCUT2D eigenvalue weighted by Gasteiger charge is -2.07. The summed E-state index contributed by atoms with van der Waals surface area (Å²) in [4.78, 5) is 14.1. The third-order valence-electron chi connectivity index (χ3n) is 3.37. The number of hydrogen-bond acceptors (Lipinski definition) is 3. The number of thiophene rings is 1. The molecule has 0 radical (unpaired) electrons. The molecule has 21 heavy (non-hydrogen) atoms. The summed E-state index contributed by atoms with van der Waals surface area (Å²) in [7, 11) is 1.88. The van der Waals surface area contributed by atoms with Crippen molar-refractivity contribution in [3.63, 3.8) is 0 Å². The van der Waals surface area contributed by atoms with Gasteiger partial charge in [0.15, 0.2) is 0 Å². The molecule has 3 rings (SSSR count). The molecule has 1 N–H and O–H groups in total. The Morgan fingerprint density at radius 2 is 2.10 bits per heavy atom. The molecule has 0 atom stereocenters. The molecule has 1 aromatic carbocycles. The van der Waals surface area contributed by atoms with Crippen molar-refractivity contribution < 1.29 is 4.79 Å². The molecular formula is C15H14ClN3OS. The minimum absolute atomic E-state index is 0.124. The van der Waals surface area contributed by atoms with Crippen LogP contribution in [-0.2, 0) is 7.05 Å². The molecule has 0 aliphatic rings. The highest BCUT2D eigenvalue weighted by molar-refractivity contribution is 7.20. The lowest BCUT2D eigenvalue weighted by molar-refractivity contribution is 0.103. The van der Waals surface area contributed by atoms with Crippen LogP contribution < -0.4 is 5.32 Å². The number of amides is 1. The standard InChI is InChI=1S/C15H14ClN3OS/c1-8-4-5-10(16)6-12(8)17-14(20)13-7-11-9(2)18-19(3)15(11)21-13/h4-7H,1-3H3,(H,17,20). The second-order valence-corrected chi connectivity index (χ2v) is 6.42. The molecule has 0 aliphatic carbocycles. The quantitative estimate of drug-likeness (QED) is 0.771. The van der Waals surface area contributed by atoms with E-state index in [9.17, 15) is 4.79 Å². The lowest BCUT2D eigenvalue weighted by atomic mass is 10.2. The van der Waals surface area contributed by atoms with E-state index in [0.29, 0.717) is 9.90 Å². The van der Waals surface area contributed by atoms with E-state index in [1.165, 1.54) is 11.3 Å². The summed E-state index contributed by atoms with van der Waals surface area (Å²) >= 11 is 7.41. The molecule has 6 heteroatoms. The number of carbonyl (C=O) groups excluding carboxylic acids is 1. The Morgan fingerprint density at radius 1 is 1.33 bits per heavy atom. The van der Waals surface area contributed by atoms with Crippen molar-refractivity contribution in [3.8, 4) is 0 Å². The van der Waals surface area contributed by atoms with E-state index in [1.54, 1.807) is 16.8 Å². The Kier molecular flexibility index (Phi) is 3.47. The zero-order chi connectivity index (χ0) is 15.1. The normalized spacial score (nSPS) is 11.0. The monoisotopic (exact) mass is 319 g/mol. The SMILES string of the molecule is Cc1ccc(Cl)cc1NC(=O)c1cc2c(C)nn(C)c2s1. The molecule has 0 saturated heterocycles. The maximum absolute atomic E-state index is 12.4. The Morgan fingerprint density at radius 3 is 2.81 bits per heavy atom. The van der Waals surface area contributed by atoms with Crippen LogP contribution in [0.2, 0.25) is 5.02 Å². The predicted octanol–water partition coefficient (Wildman–Crippen LogP) is 4.16. The molecule has 0 saturated carbocycles. The summed E-state index contributed by atoms with van der Waals surface area (Å²) in [5.41, 5.74) is 2.65. The van der Waals surface area contributed by atoms with E-state index in [0.717, 1.165) is 27.2 Å². The van der Waals surface area contributed by atoms with Gasteiger partial charge in [-0.3, -0.25) is 9.48 Å². The number of nitrogens with one attached hydrogen (secondary N) is 1. The van der Waals surface area contributed by atoms with Crippen molar-refractivity contribution in [3.05, 3.63) is 45.4 Å². The predicted molar refractivity (Wildman–Crippen MR) is 87.5 cm³/mol. The van der Waals surface area contributed by atoms with Gasteiger partial charge in [0, 0.05) is 23.1 Å². The third kappa shape index (κ3) is 2.54. The summed E-state index contributed by atoms with van der Waals surface area (Å²) in [6, 6.07) is 7.34. The number of aryl methyl sites for hydroxylation is 3. The highest BCUT2D eigenvalue weighted by atomic mass is 35.5. The minimum Gasteiger partial charge on any atom is -0.321 e. The van der Waals surface area contributed by atoms with E-state index in [2.05, 4.69) is 10.4 Å². The van der Waals surface area contributed by atoms with Crippen LogP contribution in [0.15, 0.2) is 24.3 Å². The van der Waals surface area contributed by atoms with E-state index in [4.69, 9.17) is 11.6 Å². The highest BCUT2D eigenvalue weighted by Crippen LogP contribution is 2.29. The van der Waals surface area contributed by atoms with Crippen molar-refractivity contribution in [2.24, 2.45) is 7.05 Å². The van der Waals surface area contributed by atoms with Gasteiger partial charge in [-0.1, -0.05) is 17.7 Å². The number of anilines is 1. The largest absolute Gasteiger partial charge is 0.321 e. The van der Waals surface area contributed by atoms with Crippen LogP contribution in [0.3, 0.4) is 0 Å². The lowest BCUT2D eigenvalue weighted by Crippen LogP contribution is -2.11. The molecule has 0 bridgehead atoms.